The third-order valence-corrected chi connectivity index (χ3v) is 5.47. The van der Waals surface area contributed by atoms with Crippen LogP contribution in [0.5, 0.6) is 0 Å². The molecular formula is C14H31BrSi. The van der Waals surface area contributed by atoms with Crippen LogP contribution >= 0.6 is 15.9 Å². The van der Waals surface area contributed by atoms with Crippen LogP contribution < -0.4 is 0 Å². The van der Waals surface area contributed by atoms with Gasteiger partial charge < -0.3 is 0 Å². The molecule has 0 aliphatic rings. The second kappa shape index (κ2) is 10.8. The highest BCUT2D eigenvalue weighted by Crippen LogP contribution is 2.16. The van der Waals surface area contributed by atoms with Gasteiger partial charge >= 0.3 is 0 Å². The summed E-state index contributed by atoms with van der Waals surface area (Å²) in [4.78, 5) is 0. The summed E-state index contributed by atoms with van der Waals surface area (Å²) in [7, 11) is -0.752. The molecular weight excluding hydrogens is 276 g/mol. The van der Waals surface area contributed by atoms with E-state index in [-0.39, 0.29) is 0 Å². The van der Waals surface area contributed by atoms with E-state index in [9.17, 15) is 0 Å². The monoisotopic (exact) mass is 306 g/mol. The Kier molecular flexibility index (Phi) is 11.3. The van der Waals surface area contributed by atoms with Crippen molar-refractivity contribution in [2.45, 2.75) is 83.5 Å². The molecule has 0 amide bonds. The number of halogens is 1. The van der Waals surface area contributed by atoms with E-state index >= 15 is 0 Å². The van der Waals surface area contributed by atoms with Crippen LogP contribution in [0, 0.1) is 0 Å². The maximum absolute atomic E-state index is 3.48. The minimum absolute atomic E-state index is 0.752. The third-order valence-electron chi connectivity index (χ3n) is 3.06. The van der Waals surface area contributed by atoms with Crippen molar-refractivity contribution in [2.75, 3.05) is 5.33 Å². The molecule has 0 heterocycles. The minimum Gasteiger partial charge on any atom is -0.0928 e. The lowest BCUT2D eigenvalue weighted by atomic mass is 10.1. The molecule has 0 saturated carbocycles. The molecule has 0 fully saturated rings. The molecule has 0 aliphatic carbocycles. The van der Waals surface area contributed by atoms with Crippen molar-refractivity contribution in [1.82, 2.24) is 0 Å². The van der Waals surface area contributed by atoms with Crippen LogP contribution in [0.3, 0.4) is 0 Å². The Labute approximate surface area is 113 Å². The summed E-state index contributed by atoms with van der Waals surface area (Å²) in [6.07, 6.45) is 13.1. The predicted molar refractivity (Wildman–Crippen MR) is 83.5 cm³/mol. The highest BCUT2D eigenvalue weighted by molar-refractivity contribution is 9.09. The molecule has 0 unspecified atom stereocenters. The van der Waals surface area contributed by atoms with Crippen molar-refractivity contribution in [3.8, 4) is 0 Å². The van der Waals surface area contributed by atoms with E-state index in [0.29, 0.717) is 0 Å². The molecule has 0 nitrogen and oxygen atoms in total. The lowest BCUT2D eigenvalue weighted by Gasteiger charge is -2.14. The molecule has 0 N–H and O–H groups in total. The van der Waals surface area contributed by atoms with E-state index in [4.69, 9.17) is 0 Å². The van der Waals surface area contributed by atoms with Crippen molar-refractivity contribution in [2.24, 2.45) is 0 Å². The van der Waals surface area contributed by atoms with Crippen LogP contribution in [0.1, 0.15) is 57.8 Å². The standard InChI is InChI=1S/C14H31BrSi/c1-16(2,3)14-12-10-8-6-4-5-7-9-11-13-15/h4-14H2,1-3H3. The van der Waals surface area contributed by atoms with Gasteiger partial charge in [-0.1, -0.05) is 93.0 Å². The molecule has 0 rings (SSSR count). The summed E-state index contributed by atoms with van der Waals surface area (Å²) in [6, 6.07) is 1.53. The summed E-state index contributed by atoms with van der Waals surface area (Å²) >= 11 is 3.48. The van der Waals surface area contributed by atoms with Gasteiger partial charge in [-0.05, 0) is 6.42 Å². The van der Waals surface area contributed by atoms with E-state index in [1.807, 2.05) is 0 Å². The van der Waals surface area contributed by atoms with Gasteiger partial charge in [-0.25, -0.2) is 0 Å². The van der Waals surface area contributed by atoms with Gasteiger partial charge in [0.25, 0.3) is 0 Å². The summed E-state index contributed by atoms with van der Waals surface area (Å²) in [6.45, 7) is 7.45. The first-order valence-electron chi connectivity index (χ1n) is 7.12. The summed E-state index contributed by atoms with van der Waals surface area (Å²) in [5.74, 6) is 0. The fourth-order valence-corrected chi connectivity index (χ4v) is 3.69. The van der Waals surface area contributed by atoms with Crippen LogP contribution in [0.25, 0.3) is 0 Å². The second-order valence-corrected chi connectivity index (χ2v) is 12.6. The van der Waals surface area contributed by atoms with Crippen LogP contribution in [0.4, 0.5) is 0 Å². The average Bonchev–Trinajstić information content (AvgIpc) is 2.19. The maximum Gasteiger partial charge on any atom is 0.0442 e. The largest absolute Gasteiger partial charge is 0.0928 e. The molecule has 16 heavy (non-hydrogen) atoms. The van der Waals surface area contributed by atoms with Gasteiger partial charge in [0.15, 0.2) is 0 Å². The third kappa shape index (κ3) is 14.7. The highest BCUT2D eigenvalue weighted by atomic mass is 79.9. The van der Waals surface area contributed by atoms with Gasteiger partial charge in [0.05, 0.1) is 0 Å². The molecule has 0 bridgehead atoms. The Hall–Kier alpha value is 0.697. The number of unbranched alkanes of at least 4 members (excludes halogenated alkanes) is 8. The Balaban J connectivity index is 2.99. The van der Waals surface area contributed by atoms with Crippen LogP contribution in [-0.4, -0.2) is 13.4 Å². The van der Waals surface area contributed by atoms with E-state index in [2.05, 4.69) is 35.6 Å². The maximum atomic E-state index is 3.48. The van der Waals surface area contributed by atoms with Gasteiger partial charge in [0.1, 0.15) is 0 Å². The molecule has 0 aromatic carbocycles. The van der Waals surface area contributed by atoms with E-state index in [0.717, 1.165) is 0 Å². The van der Waals surface area contributed by atoms with E-state index in [1.54, 1.807) is 0 Å². The van der Waals surface area contributed by atoms with E-state index < -0.39 is 8.07 Å². The molecule has 2 heteroatoms. The van der Waals surface area contributed by atoms with Crippen molar-refractivity contribution >= 4 is 24.0 Å². The first-order valence-corrected chi connectivity index (χ1v) is 11.9. The fraction of sp³-hybridized carbons (Fsp3) is 1.00. The van der Waals surface area contributed by atoms with Crippen LogP contribution in [0.15, 0.2) is 0 Å². The average molecular weight is 307 g/mol. The zero-order valence-electron chi connectivity index (χ0n) is 11.7. The van der Waals surface area contributed by atoms with Gasteiger partial charge in [-0.15, -0.1) is 0 Å². The lowest BCUT2D eigenvalue weighted by molar-refractivity contribution is 0.572. The molecule has 0 spiro atoms. The first kappa shape index (κ1) is 16.7. The molecule has 98 valence electrons. The Morgan fingerprint density at radius 1 is 0.625 bits per heavy atom. The van der Waals surface area contributed by atoms with Gasteiger partial charge in [0, 0.05) is 13.4 Å². The topological polar surface area (TPSA) is 0 Å². The van der Waals surface area contributed by atoms with Gasteiger partial charge in [0.2, 0.25) is 0 Å². The van der Waals surface area contributed by atoms with Crippen molar-refractivity contribution in [1.29, 1.82) is 0 Å². The quantitative estimate of drug-likeness (QED) is 0.241. The van der Waals surface area contributed by atoms with Crippen molar-refractivity contribution in [3.05, 3.63) is 0 Å². The van der Waals surface area contributed by atoms with Crippen LogP contribution in [-0.2, 0) is 0 Å². The number of rotatable bonds is 11. The summed E-state index contributed by atoms with van der Waals surface area (Å²) in [5, 5.41) is 1.18. The molecule has 0 radical (unpaired) electrons. The predicted octanol–water partition coefficient (Wildman–Crippen LogP) is 6.23. The smallest absolute Gasteiger partial charge is 0.0442 e. The fourth-order valence-electron chi connectivity index (χ4n) is 1.99. The number of hydrogen-bond acceptors (Lipinski definition) is 0. The Morgan fingerprint density at radius 3 is 1.38 bits per heavy atom. The molecule has 0 aromatic rings. The molecule has 0 aromatic heterocycles. The Morgan fingerprint density at radius 2 is 1.00 bits per heavy atom. The molecule has 0 atom stereocenters. The zero-order valence-corrected chi connectivity index (χ0v) is 14.2. The summed E-state index contributed by atoms with van der Waals surface area (Å²) < 4.78 is 0. The van der Waals surface area contributed by atoms with Crippen molar-refractivity contribution in [3.63, 3.8) is 0 Å². The lowest BCUT2D eigenvalue weighted by Crippen LogP contribution is -2.18. The highest BCUT2D eigenvalue weighted by Gasteiger charge is 2.11. The first-order chi connectivity index (χ1) is 7.56. The molecule has 0 aliphatic heterocycles. The number of alkyl halides is 1. The molecule has 0 saturated heterocycles. The van der Waals surface area contributed by atoms with Crippen LogP contribution in [0.2, 0.25) is 25.7 Å². The van der Waals surface area contributed by atoms with Crippen molar-refractivity contribution < 1.29 is 0 Å². The number of hydrogen-bond donors (Lipinski definition) is 0. The zero-order chi connectivity index (χ0) is 12.3. The van der Waals surface area contributed by atoms with Gasteiger partial charge in [-0.3, -0.25) is 0 Å². The minimum atomic E-state index is -0.752. The van der Waals surface area contributed by atoms with E-state index in [1.165, 1.54) is 69.2 Å². The normalized spacial score (nSPS) is 12.0. The second-order valence-electron chi connectivity index (χ2n) is 6.18. The summed E-state index contributed by atoms with van der Waals surface area (Å²) in [5.41, 5.74) is 0. The SMILES string of the molecule is C[Si](C)(C)CCCCCCCCCCCBr. The Bertz CT molecular complexity index is 140. The van der Waals surface area contributed by atoms with Gasteiger partial charge in [-0.2, -0.15) is 0 Å².